The number of benzene rings is 2. The summed E-state index contributed by atoms with van der Waals surface area (Å²) < 4.78 is 45.5. The molecule has 2 atom stereocenters. The van der Waals surface area contributed by atoms with Crippen molar-refractivity contribution in [2.75, 3.05) is 19.0 Å². The van der Waals surface area contributed by atoms with E-state index in [4.69, 9.17) is 19.2 Å². The van der Waals surface area contributed by atoms with Gasteiger partial charge in [0.25, 0.3) is 0 Å². The van der Waals surface area contributed by atoms with Crippen molar-refractivity contribution in [3.8, 4) is 34.9 Å². The van der Waals surface area contributed by atoms with Crippen molar-refractivity contribution >= 4 is 11.9 Å². The van der Waals surface area contributed by atoms with Gasteiger partial charge in [0.2, 0.25) is 17.7 Å². The minimum absolute atomic E-state index is 0.0191. The molecule has 2 aromatic heterocycles. The molecule has 0 bridgehead atoms. The van der Waals surface area contributed by atoms with Crippen LogP contribution >= 0.6 is 0 Å². The number of nitrogens with zero attached hydrogens (tertiary/aromatic N) is 4. The molecule has 0 aliphatic carbocycles. The fourth-order valence-electron chi connectivity index (χ4n) is 3.94. The third kappa shape index (κ3) is 4.87. The van der Waals surface area contributed by atoms with E-state index in [0.717, 1.165) is 12.1 Å². The van der Waals surface area contributed by atoms with E-state index < -0.39 is 29.5 Å². The first-order chi connectivity index (χ1) is 17.9. The number of halogens is 2. The average molecular weight is 504 g/mol. The molecule has 3 heterocycles. The lowest BCUT2D eigenvalue weighted by molar-refractivity contribution is -0.119. The Morgan fingerprint density at radius 3 is 2.57 bits per heavy atom. The van der Waals surface area contributed by atoms with E-state index in [2.05, 4.69) is 25.8 Å². The van der Waals surface area contributed by atoms with Crippen LogP contribution < -0.4 is 20.1 Å². The zero-order valence-electron chi connectivity index (χ0n) is 19.2. The largest absolute Gasteiger partial charge is 0.497 e. The lowest BCUT2D eigenvalue weighted by Gasteiger charge is -2.19. The highest BCUT2D eigenvalue weighted by Gasteiger charge is 2.40. The minimum atomic E-state index is -1.04. The van der Waals surface area contributed by atoms with Crippen LogP contribution in [0.25, 0.3) is 11.5 Å². The SMILES string of the molecule is COc1cc(F)c([C@@H]2CNC(=O)[C@H]2Nc2nnc(-c3ccc(Oc4cccc(C#N)n4)cc3)o2)c(F)c1. The predicted molar refractivity (Wildman–Crippen MR) is 125 cm³/mol. The van der Waals surface area contributed by atoms with Crippen molar-refractivity contribution in [2.45, 2.75) is 12.0 Å². The quantitative estimate of drug-likeness (QED) is 0.385. The molecule has 1 aliphatic rings. The van der Waals surface area contributed by atoms with Crippen molar-refractivity contribution < 1.29 is 27.5 Å². The summed E-state index contributed by atoms with van der Waals surface area (Å²) in [6.45, 7) is 0.0191. The number of nitriles is 1. The van der Waals surface area contributed by atoms with Crippen LogP contribution in [0.4, 0.5) is 14.8 Å². The molecule has 0 radical (unpaired) electrons. The van der Waals surface area contributed by atoms with Crippen LogP contribution in [0.5, 0.6) is 17.4 Å². The van der Waals surface area contributed by atoms with E-state index in [1.165, 1.54) is 7.11 Å². The molecule has 0 unspecified atom stereocenters. The molecule has 186 valence electrons. The maximum Gasteiger partial charge on any atom is 0.316 e. The van der Waals surface area contributed by atoms with Gasteiger partial charge in [0.1, 0.15) is 40.9 Å². The number of carbonyl (C=O) groups excluding carboxylic acids is 1. The van der Waals surface area contributed by atoms with Gasteiger partial charge in [-0.1, -0.05) is 11.2 Å². The van der Waals surface area contributed by atoms with Crippen LogP contribution in [0.1, 0.15) is 17.2 Å². The molecular weight excluding hydrogens is 486 g/mol. The molecule has 1 fully saturated rings. The number of aromatic nitrogens is 3. The van der Waals surface area contributed by atoms with Crippen LogP contribution in [-0.2, 0) is 4.79 Å². The summed E-state index contributed by atoms with van der Waals surface area (Å²) in [4.78, 5) is 16.5. The van der Waals surface area contributed by atoms with Gasteiger partial charge >= 0.3 is 6.01 Å². The van der Waals surface area contributed by atoms with Crippen LogP contribution in [-0.4, -0.2) is 40.8 Å². The second kappa shape index (κ2) is 9.90. The molecule has 5 rings (SSSR count). The second-order valence-electron chi connectivity index (χ2n) is 7.99. The van der Waals surface area contributed by atoms with Crippen molar-refractivity contribution in [1.82, 2.24) is 20.5 Å². The van der Waals surface area contributed by atoms with Crippen LogP contribution in [0.2, 0.25) is 0 Å². The summed E-state index contributed by atoms with van der Waals surface area (Å²) in [5.74, 6) is -2.06. The lowest BCUT2D eigenvalue weighted by Crippen LogP contribution is -2.33. The molecule has 0 saturated carbocycles. The number of nitrogens with one attached hydrogen (secondary N) is 2. The highest BCUT2D eigenvalue weighted by molar-refractivity contribution is 5.88. The molecule has 1 amide bonds. The van der Waals surface area contributed by atoms with Crippen molar-refractivity contribution in [3.05, 3.63) is 77.5 Å². The van der Waals surface area contributed by atoms with Gasteiger partial charge in [0.05, 0.1) is 7.11 Å². The van der Waals surface area contributed by atoms with E-state index in [0.29, 0.717) is 11.3 Å². The van der Waals surface area contributed by atoms with Crippen molar-refractivity contribution in [1.29, 1.82) is 5.26 Å². The molecule has 1 aliphatic heterocycles. The fraction of sp³-hybridized carbons (Fsp3) is 0.160. The van der Waals surface area contributed by atoms with Crippen molar-refractivity contribution in [2.24, 2.45) is 0 Å². The van der Waals surface area contributed by atoms with Gasteiger partial charge in [0, 0.05) is 41.8 Å². The normalized spacial score (nSPS) is 16.6. The summed E-state index contributed by atoms with van der Waals surface area (Å²) in [6.07, 6.45) is 0. The molecule has 0 spiro atoms. The highest BCUT2D eigenvalue weighted by atomic mass is 19.1. The van der Waals surface area contributed by atoms with Crippen LogP contribution in [0.3, 0.4) is 0 Å². The number of anilines is 1. The first-order valence-corrected chi connectivity index (χ1v) is 11.0. The summed E-state index contributed by atoms with van der Waals surface area (Å²) in [6, 6.07) is 14.5. The average Bonchev–Trinajstić information content (AvgIpc) is 3.51. The molecule has 12 heteroatoms. The molecular formula is C25H18F2N6O4. The molecule has 4 aromatic rings. The molecule has 2 N–H and O–H groups in total. The molecule has 1 saturated heterocycles. The number of methoxy groups -OCH3 is 1. The Hall–Kier alpha value is -5.05. The summed E-state index contributed by atoms with van der Waals surface area (Å²) >= 11 is 0. The van der Waals surface area contributed by atoms with Gasteiger partial charge in [-0.2, -0.15) is 5.26 Å². The standard InChI is InChI=1S/C25H18F2N6O4/c1-35-16-9-18(26)21(19(27)10-16)17-12-29-23(34)22(17)31-25-33-32-24(37-25)13-5-7-15(8-6-13)36-20-4-2-3-14(11-28)30-20/h2-10,17,22H,12H2,1H3,(H,29,34)(H,31,33)/t17-,22-/m0/s1. The topological polar surface area (TPSA) is 135 Å². The number of ether oxygens (including phenoxy) is 2. The third-order valence-electron chi connectivity index (χ3n) is 5.71. The zero-order chi connectivity index (χ0) is 25.9. The van der Waals surface area contributed by atoms with E-state index >= 15 is 0 Å². The number of hydrogen-bond donors (Lipinski definition) is 2. The van der Waals surface area contributed by atoms with Crippen LogP contribution in [0, 0.1) is 23.0 Å². The monoisotopic (exact) mass is 504 g/mol. The summed E-state index contributed by atoms with van der Waals surface area (Å²) in [7, 11) is 1.30. The number of carbonyl (C=O) groups is 1. The van der Waals surface area contributed by atoms with Crippen LogP contribution in [0.15, 0.2) is 59.0 Å². The Morgan fingerprint density at radius 2 is 1.86 bits per heavy atom. The molecule has 10 nitrogen and oxygen atoms in total. The fourth-order valence-corrected chi connectivity index (χ4v) is 3.94. The van der Waals surface area contributed by atoms with Crippen molar-refractivity contribution in [3.63, 3.8) is 0 Å². The van der Waals surface area contributed by atoms with Gasteiger partial charge in [-0.25, -0.2) is 13.8 Å². The Kier molecular flexibility index (Phi) is 6.34. The first kappa shape index (κ1) is 23.7. The lowest BCUT2D eigenvalue weighted by atomic mass is 9.93. The molecule has 37 heavy (non-hydrogen) atoms. The second-order valence-corrected chi connectivity index (χ2v) is 7.99. The maximum absolute atomic E-state index is 14.7. The highest BCUT2D eigenvalue weighted by Crippen LogP contribution is 2.33. The number of pyridine rings is 1. The smallest absolute Gasteiger partial charge is 0.316 e. The Morgan fingerprint density at radius 1 is 1.11 bits per heavy atom. The van der Waals surface area contributed by atoms with Gasteiger partial charge < -0.3 is 24.5 Å². The number of rotatable bonds is 7. The Balaban J connectivity index is 1.31. The zero-order valence-corrected chi connectivity index (χ0v) is 19.2. The minimum Gasteiger partial charge on any atom is -0.497 e. The van der Waals surface area contributed by atoms with Gasteiger partial charge in [-0.3, -0.25) is 4.79 Å². The van der Waals surface area contributed by atoms with E-state index in [-0.39, 0.29) is 41.3 Å². The predicted octanol–water partition coefficient (Wildman–Crippen LogP) is 3.78. The Labute approximate surface area is 208 Å². The summed E-state index contributed by atoms with van der Waals surface area (Å²) in [5, 5.41) is 22.2. The first-order valence-electron chi connectivity index (χ1n) is 11.0. The van der Waals surface area contributed by atoms with E-state index in [1.807, 2.05) is 6.07 Å². The number of hydrogen-bond acceptors (Lipinski definition) is 9. The van der Waals surface area contributed by atoms with Gasteiger partial charge in [-0.05, 0) is 30.3 Å². The molecule has 2 aromatic carbocycles. The van der Waals surface area contributed by atoms with Gasteiger partial charge in [-0.15, -0.1) is 5.10 Å². The maximum atomic E-state index is 14.7. The van der Waals surface area contributed by atoms with Gasteiger partial charge in [0.15, 0.2) is 0 Å². The van der Waals surface area contributed by atoms with E-state index in [1.54, 1.807) is 42.5 Å². The third-order valence-corrected chi connectivity index (χ3v) is 5.71. The number of amides is 1. The Bertz CT molecular complexity index is 1480. The van der Waals surface area contributed by atoms with E-state index in [9.17, 15) is 13.6 Å². The summed E-state index contributed by atoms with van der Waals surface area (Å²) in [5.41, 5.74) is 0.545.